The zero-order valence-corrected chi connectivity index (χ0v) is 23.7. The van der Waals surface area contributed by atoms with Gasteiger partial charge in [-0.1, -0.05) is 37.7 Å². The number of thiazole rings is 1. The zero-order valence-electron chi connectivity index (χ0n) is 22.9. The van der Waals surface area contributed by atoms with Crippen LogP contribution in [-0.4, -0.2) is 91.1 Å². The van der Waals surface area contributed by atoms with Crippen molar-refractivity contribution < 1.29 is 4.79 Å². The topological polar surface area (TPSA) is 101 Å². The zero-order chi connectivity index (χ0) is 27.2. The Bertz CT molecular complexity index is 1150. The summed E-state index contributed by atoms with van der Waals surface area (Å²) in [7, 11) is 5.87. The van der Waals surface area contributed by atoms with Crippen molar-refractivity contribution >= 4 is 56.4 Å². The summed E-state index contributed by atoms with van der Waals surface area (Å²) >= 11 is 1.49. The first-order valence-electron chi connectivity index (χ1n) is 12.5. The summed E-state index contributed by atoms with van der Waals surface area (Å²) in [5.74, 6) is 0.782. The molecule has 0 saturated carbocycles. The molecule has 3 aromatic rings. The number of aromatic nitrogens is 3. The molecule has 0 bridgehead atoms. The molecule has 0 spiro atoms. The van der Waals surface area contributed by atoms with Crippen molar-refractivity contribution in [2.45, 2.75) is 27.2 Å². The van der Waals surface area contributed by atoms with Gasteiger partial charge in [-0.05, 0) is 46.3 Å². The number of likely N-dealkylation sites (N-methyl/N-ethyl adjacent to an activating group) is 2. The molecule has 0 amide bonds. The molecule has 3 aromatic heterocycles. The van der Waals surface area contributed by atoms with Gasteiger partial charge in [0.15, 0.2) is 5.13 Å². The van der Waals surface area contributed by atoms with Crippen LogP contribution in [0.5, 0.6) is 0 Å². The maximum atomic E-state index is 9.57. The molecular formula is C27H40N8OS. The molecule has 0 aliphatic carbocycles. The predicted octanol–water partition coefficient (Wildman–Crippen LogP) is 4.80. The van der Waals surface area contributed by atoms with Crippen molar-refractivity contribution in [2.75, 3.05) is 64.1 Å². The number of rotatable bonds is 7. The molecule has 0 aromatic carbocycles. The molecule has 37 heavy (non-hydrogen) atoms. The van der Waals surface area contributed by atoms with Gasteiger partial charge in [-0.3, -0.25) is 0 Å². The fraction of sp³-hybridized carbons (Fsp3) is 0.444. The van der Waals surface area contributed by atoms with Crippen LogP contribution >= 0.6 is 11.3 Å². The SMILES string of the molecule is C/C=C(\C=N)c1ccc2nc(Nc3cc(N4CCN(C)CC4)ccn3)sc2n1.CCC.CN(C)CC=O. The molecule has 2 N–H and O–H groups in total. The summed E-state index contributed by atoms with van der Waals surface area (Å²) in [6.45, 7) is 10.9. The average molecular weight is 525 g/mol. The smallest absolute Gasteiger partial charge is 0.190 e. The van der Waals surface area contributed by atoms with E-state index in [9.17, 15) is 4.79 Å². The highest BCUT2D eigenvalue weighted by molar-refractivity contribution is 7.21. The Kier molecular flexibility index (Phi) is 12.8. The second-order valence-corrected chi connectivity index (χ2v) is 9.86. The van der Waals surface area contributed by atoms with Crippen molar-refractivity contribution in [3.63, 3.8) is 0 Å². The number of carbonyl (C=O) groups is 1. The van der Waals surface area contributed by atoms with E-state index in [0.29, 0.717) is 6.54 Å². The maximum Gasteiger partial charge on any atom is 0.190 e. The largest absolute Gasteiger partial charge is 0.369 e. The lowest BCUT2D eigenvalue weighted by atomic mass is 10.2. The highest BCUT2D eigenvalue weighted by Gasteiger charge is 2.15. The average Bonchev–Trinajstić information content (AvgIpc) is 3.28. The lowest BCUT2D eigenvalue weighted by Gasteiger charge is -2.34. The first kappa shape index (κ1) is 30.0. The number of nitrogens with one attached hydrogen (secondary N) is 2. The van der Waals surface area contributed by atoms with Crippen molar-refractivity contribution in [1.29, 1.82) is 5.41 Å². The van der Waals surface area contributed by atoms with E-state index in [1.165, 1.54) is 29.7 Å². The first-order valence-corrected chi connectivity index (χ1v) is 13.4. The first-order chi connectivity index (χ1) is 17.8. The van der Waals surface area contributed by atoms with E-state index in [1.807, 2.05) is 50.3 Å². The number of allylic oxidation sites excluding steroid dienone is 2. The van der Waals surface area contributed by atoms with Gasteiger partial charge in [-0.25, -0.2) is 15.0 Å². The van der Waals surface area contributed by atoms with Gasteiger partial charge in [-0.2, -0.15) is 0 Å². The number of hydrogen-bond donors (Lipinski definition) is 2. The number of piperazine rings is 1. The van der Waals surface area contributed by atoms with E-state index in [-0.39, 0.29) is 0 Å². The third-order valence-electron chi connectivity index (χ3n) is 5.30. The number of hydrogen-bond acceptors (Lipinski definition) is 10. The van der Waals surface area contributed by atoms with Gasteiger partial charge in [0.1, 0.15) is 22.5 Å². The van der Waals surface area contributed by atoms with Crippen molar-refractivity contribution in [2.24, 2.45) is 0 Å². The fourth-order valence-electron chi connectivity index (χ4n) is 3.34. The number of anilines is 3. The van der Waals surface area contributed by atoms with E-state index in [2.05, 4.69) is 63.1 Å². The fourth-order valence-corrected chi connectivity index (χ4v) is 4.19. The lowest BCUT2D eigenvalue weighted by Crippen LogP contribution is -2.44. The molecule has 200 valence electrons. The summed E-state index contributed by atoms with van der Waals surface area (Å²) in [6, 6.07) is 7.97. The minimum atomic E-state index is 0.528. The van der Waals surface area contributed by atoms with Crippen LogP contribution in [0.4, 0.5) is 16.6 Å². The molecule has 0 radical (unpaired) electrons. The van der Waals surface area contributed by atoms with Gasteiger partial charge in [0.25, 0.3) is 0 Å². The van der Waals surface area contributed by atoms with Crippen LogP contribution in [-0.2, 0) is 4.79 Å². The summed E-state index contributed by atoms with van der Waals surface area (Å²) < 4.78 is 0. The van der Waals surface area contributed by atoms with Crippen LogP contribution in [0.25, 0.3) is 15.9 Å². The van der Waals surface area contributed by atoms with E-state index in [4.69, 9.17) is 5.41 Å². The van der Waals surface area contributed by atoms with E-state index < -0.39 is 0 Å². The minimum absolute atomic E-state index is 0.528. The lowest BCUT2D eigenvalue weighted by molar-refractivity contribution is -0.108. The van der Waals surface area contributed by atoms with E-state index in [1.54, 1.807) is 0 Å². The Morgan fingerprint density at radius 2 is 1.86 bits per heavy atom. The van der Waals surface area contributed by atoms with Crippen LogP contribution in [0, 0.1) is 5.41 Å². The minimum Gasteiger partial charge on any atom is -0.369 e. The highest BCUT2D eigenvalue weighted by Crippen LogP contribution is 2.29. The summed E-state index contributed by atoms with van der Waals surface area (Å²) in [6.07, 6.45) is 7.17. The van der Waals surface area contributed by atoms with Crippen LogP contribution in [0.15, 0.2) is 36.5 Å². The molecule has 1 aliphatic rings. The van der Waals surface area contributed by atoms with Crippen molar-refractivity contribution in [3.8, 4) is 0 Å². The number of fused-ring (bicyclic) bond motifs is 1. The third kappa shape index (κ3) is 9.64. The summed E-state index contributed by atoms with van der Waals surface area (Å²) in [5.41, 5.74) is 3.60. The Balaban J connectivity index is 0.000000464. The van der Waals surface area contributed by atoms with Gasteiger partial charge in [0, 0.05) is 55.9 Å². The van der Waals surface area contributed by atoms with Crippen molar-refractivity contribution in [1.82, 2.24) is 24.8 Å². The van der Waals surface area contributed by atoms with Gasteiger partial charge in [0.05, 0.1) is 12.2 Å². The second-order valence-electron chi connectivity index (χ2n) is 8.88. The number of pyridine rings is 2. The van der Waals surface area contributed by atoms with Crippen LogP contribution in [0.1, 0.15) is 32.9 Å². The molecule has 0 unspecified atom stereocenters. The number of nitrogens with zero attached hydrogens (tertiary/aromatic N) is 6. The van der Waals surface area contributed by atoms with E-state index in [0.717, 1.165) is 65.0 Å². The molecule has 4 rings (SSSR count). The Labute approximate surface area is 224 Å². The molecule has 1 aliphatic heterocycles. The second kappa shape index (κ2) is 15.8. The molecule has 10 heteroatoms. The Morgan fingerprint density at radius 1 is 1.16 bits per heavy atom. The summed E-state index contributed by atoms with van der Waals surface area (Å²) in [5, 5.41) is 11.6. The number of aldehydes is 1. The highest BCUT2D eigenvalue weighted by atomic mass is 32.1. The standard InChI is InChI=1S/C20H23N7S.C4H9NO.C3H8/c1-3-14(13-21)16-4-5-17-19(23-16)28-20(24-17)25-18-12-15(6-7-22-18)27-10-8-26(2)9-11-27;1-5(2)3-4-6;1-3-2/h3-7,12-13,21H,8-11H2,1-2H3,(H,22,24,25);4H,3H2,1-2H3;3H2,1-2H3/b14-3+,21-13?;;. The summed E-state index contributed by atoms with van der Waals surface area (Å²) in [4.78, 5) is 30.7. The van der Waals surface area contributed by atoms with Gasteiger partial charge >= 0.3 is 0 Å². The quantitative estimate of drug-likeness (QED) is 0.336. The Hall–Kier alpha value is -3.21. The molecule has 9 nitrogen and oxygen atoms in total. The predicted molar refractivity (Wildman–Crippen MR) is 158 cm³/mol. The molecule has 1 fully saturated rings. The monoisotopic (exact) mass is 524 g/mol. The van der Waals surface area contributed by atoms with Gasteiger partial charge in [0.2, 0.25) is 0 Å². The van der Waals surface area contributed by atoms with Gasteiger partial charge in [-0.15, -0.1) is 0 Å². The number of carbonyl (C=O) groups excluding carboxylic acids is 1. The molecule has 4 heterocycles. The molecular weight excluding hydrogens is 484 g/mol. The molecule has 1 saturated heterocycles. The van der Waals surface area contributed by atoms with E-state index >= 15 is 0 Å². The van der Waals surface area contributed by atoms with Gasteiger partial charge < -0.3 is 30.2 Å². The van der Waals surface area contributed by atoms with Crippen LogP contribution < -0.4 is 10.2 Å². The third-order valence-corrected chi connectivity index (χ3v) is 6.18. The van der Waals surface area contributed by atoms with Crippen molar-refractivity contribution in [3.05, 3.63) is 42.2 Å². The normalized spacial score (nSPS) is 13.9. The Morgan fingerprint density at radius 3 is 2.43 bits per heavy atom. The van der Waals surface area contributed by atoms with Crippen LogP contribution in [0.3, 0.4) is 0 Å². The maximum absolute atomic E-state index is 9.57. The van der Waals surface area contributed by atoms with Crippen LogP contribution in [0.2, 0.25) is 0 Å². The molecule has 0 atom stereocenters.